The summed E-state index contributed by atoms with van der Waals surface area (Å²) < 4.78 is 4.83. The number of aromatic nitrogens is 1. The zero-order chi connectivity index (χ0) is 18.2. The lowest BCUT2D eigenvalue weighted by Crippen LogP contribution is -2.21. The number of ether oxygens (including phenoxy) is 1. The Morgan fingerprint density at radius 3 is 2.56 bits per heavy atom. The minimum absolute atomic E-state index is 0.130. The van der Waals surface area contributed by atoms with E-state index in [0.29, 0.717) is 5.69 Å². The summed E-state index contributed by atoms with van der Waals surface area (Å²) in [5.41, 5.74) is 1.03. The largest absolute Gasteiger partial charge is 0.494 e. The predicted molar refractivity (Wildman–Crippen MR) is 92.7 cm³/mol. The minimum Gasteiger partial charge on any atom is -0.494 e. The van der Waals surface area contributed by atoms with Crippen molar-refractivity contribution in [3.8, 4) is 5.88 Å². The van der Waals surface area contributed by atoms with Crippen molar-refractivity contribution in [1.82, 2.24) is 4.98 Å². The molecule has 25 heavy (non-hydrogen) atoms. The Morgan fingerprint density at radius 2 is 1.92 bits per heavy atom. The Balaban J connectivity index is 1.85. The molecule has 0 fully saturated rings. The number of benzene rings is 1. The molecule has 2 rings (SSSR count). The van der Waals surface area contributed by atoms with Gasteiger partial charge in [-0.15, -0.1) is 0 Å². The van der Waals surface area contributed by atoms with E-state index in [4.69, 9.17) is 4.74 Å². The number of unbranched alkanes of at least 4 members (excludes halogenated alkanes) is 1. The van der Waals surface area contributed by atoms with Crippen LogP contribution in [0.4, 0.5) is 5.69 Å². The lowest BCUT2D eigenvalue weighted by Gasteiger charge is -2.07. The fourth-order valence-corrected chi connectivity index (χ4v) is 2.19. The molecular weight excluding hydrogens is 324 g/mol. The smallest absolute Gasteiger partial charge is 0.339 e. The van der Waals surface area contributed by atoms with Gasteiger partial charge in [-0.1, -0.05) is 25.5 Å². The zero-order valence-corrected chi connectivity index (χ0v) is 13.9. The Bertz CT molecular complexity index is 796. The first-order valence-corrected chi connectivity index (χ1v) is 7.97. The van der Waals surface area contributed by atoms with E-state index in [-0.39, 0.29) is 5.56 Å². The summed E-state index contributed by atoms with van der Waals surface area (Å²) in [7, 11) is 0. The van der Waals surface area contributed by atoms with Crippen molar-refractivity contribution in [3.05, 3.63) is 57.9 Å². The number of H-pyrrole nitrogens is 1. The number of carbonyl (C=O) groups excluding carboxylic acids is 2. The van der Waals surface area contributed by atoms with Gasteiger partial charge in [-0.25, -0.2) is 4.79 Å². The molecule has 0 aliphatic heterocycles. The van der Waals surface area contributed by atoms with E-state index >= 15 is 0 Å². The van der Waals surface area contributed by atoms with Gasteiger partial charge in [0.15, 0.2) is 12.5 Å². The number of aromatic hydroxyl groups is 1. The highest BCUT2D eigenvalue weighted by molar-refractivity contribution is 5.95. The summed E-state index contributed by atoms with van der Waals surface area (Å²) in [6, 6.07) is 9.50. The SMILES string of the molecule is CCCCc1ccc(NC(=O)COC(=O)c2cc(O)[nH]c(=O)c2)cc1. The van der Waals surface area contributed by atoms with Gasteiger partial charge in [0.05, 0.1) is 5.56 Å². The second kappa shape index (κ2) is 8.68. The quantitative estimate of drug-likeness (QED) is 0.667. The van der Waals surface area contributed by atoms with E-state index in [0.717, 1.165) is 31.4 Å². The number of aromatic amines is 1. The summed E-state index contributed by atoms with van der Waals surface area (Å²) in [5, 5.41) is 11.9. The zero-order valence-electron chi connectivity index (χ0n) is 13.9. The number of esters is 1. The average Bonchev–Trinajstić information content (AvgIpc) is 2.58. The van der Waals surface area contributed by atoms with Gasteiger partial charge in [-0.2, -0.15) is 0 Å². The third-order valence-corrected chi connectivity index (χ3v) is 3.46. The summed E-state index contributed by atoms with van der Waals surface area (Å²) in [6.45, 7) is 1.63. The van der Waals surface area contributed by atoms with Crippen molar-refractivity contribution in [2.45, 2.75) is 26.2 Å². The van der Waals surface area contributed by atoms with E-state index in [1.54, 1.807) is 12.1 Å². The van der Waals surface area contributed by atoms with Gasteiger partial charge in [-0.05, 0) is 30.5 Å². The Kier molecular flexibility index (Phi) is 6.33. The fourth-order valence-electron chi connectivity index (χ4n) is 2.19. The molecule has 1 heterocycles. The maximum atomic E-state index is 11.8. The first-order valence-electron chi connectivity index (χ1n) is 7.97. The number of amides is 1. The molecule has 1 aromatic carbocycles. The molecule has 3 N–H and O–H groups in total. The number of aryl methyl sites for hydroxylation is 1. The highest BCUT2D eigenvalue weighted by Gasteiger charge is 2.12. The molecule has 0 aliphatic rings. The van der Waals surface area contributed by atoms with Crippen molar-refractivity contribution in [1.29, 1.82) is 0 Å². The van der Waals surface area contributed by atoms with Crippen molar-refractivity contribution < 1.29 is 19.4 Å². The topological polar surface area (TPSA) is 108 Å². The molecule has 0 saturated heterocycles. The molecule has 2 aromatic rings. The van der Waals surface area contributed by atoms with Crippen LogP contribution in [0.1, 0.15) is 35.7 Å². The van der Waals surface area contributed by atoms with Crippen molar-refractivity contribution in [3.63, 3.8) is 0 Å². The summed E-state index contributed by atoms with van der Waals surface area (Å²) in [5.74, 6) is -1.82. The molecule has 0 atom stereocenters. The van der Waals surface area contributed by atoms with Crippen LogP contribution in [0, 0.1) is 0 Å². The van der Waals surface area contributed by atoms with Gasteiger partial charge in [0.1, 0.15) is 0 Å². The Morgan fingerprint density at radius 1 is 1.20 bits per heavy atom. The number of anilines is 1. The number of rotatable bonds is 7. The van der Waals surface area contributed by atoms with E-state index in [1.807, 2.05) is 12.1 Å². The van der Waals surface area contributed by atoms with Crippen LogP contribution >= 0.6 is 0 Å². The molecule has 7 heteroatoms. The van der Waals surface area contributed by atoms with Gasteiger partial charge in [-0.3, -0.25) is 14.6 Å². The first kappa shape index (κ1) is 18.3. The molecule has 0 spiro atoms. The lowest BCUT2D eigenvalue weighted by atomic mass is 10.1. The van der Waals surface area contributed by atoms with Crippen LogP contribution in [-0.2, 0) is 16.0 Å². The predicted octanol–water partition coefficient (Wildman–Crippen LogP) is 2.22. The van der Waals surface area contributed by atoms with Crippen LogP contribution in [0.5, 0.6) is 5.88 Å². The normalized spacial score (nSPS) is 10.3. The molecule has 7 nitrogen and oxygen atoms in total. The Labute approximate surface area is 144 Å². The molecule has 0 aliphatic carbocycles. The number of carbonyl (C=O) groups is 2. The summed E-state index contributed by atoms with van der Waals surface area (Å²) >= 11 is 0. The monoisotopic (exact) mass is 344 g/mol. The third kappa shape index (κ3) is 5.80. The molecular formula is C18H20N2O5. The van der Waals surface area contributed by atoms with Gasteiger partial charge in [0.25, 0.3) is 11.5 Å². The molecule has 0 unspecified atom stereocenters. The van der Waals surface area contributed by atoms with Crippen LogP contribution in [0.3, 0.4) is 0 Å². The van der Waals surface area contributed by atoms with Gasteiger partial charge >= 0.3 is 5.97 Å². The number of hydrogen-bond acceptors (Lipinski definition) is 5. The average molecular weight is 344 g/mol. The maximum Gasteiger partial charge on any atom is 0.339 e. The van der Waals surface area contributed by atoms with Crippen molar-refractivity contribution in [2.24, 2.45) is 0 Å². The standard InChI is InChI=1S/C18H20N2O5/c1-2-3-4-12-5-7-14(8-6-12)19-17(23)11-25-18(24)13-9-15(21)20-16(22)10-13/h5-10H,2-4,11H2,1H3,(H,19,23)(H2,20,21,22). The first-order chi connectivity index (χ1) is 12.0. The van der Waals surface area contributed by atoms with E-state index < -0.39 is 29.9 Å². The van der Waals surface area contributed by atoms with Crippen LogP contribution < -0.4 is 10.9 Å². The van der Waals surface area contributed by atoms with Gasteiger partial charge < -0.3 is 15.2 Å². The van der Waals surface area contributed by atoms with Gasteiger partial charge in [0, 0.05) is 17.8 Å². The number of hydrogen-bond donors (Lipinski definition) is 3. The maximum absolute atomic E-state index is 11.8. The number of nitrogens with one attached hydrogen (secondary N) is 2. The van der Waals surface area contributed by atoms with Crippen LogP contribution in [-0.4, -0.2) is 28.6 Å². The molecule has 0 radical (unpaired) electrons. The third-order valence-electron chi connectivity index (χ3n) is 3.46. The van der Waals surface area contributed by atoms with Crippen LogP contribution in [0.2, 0.25) is 0 Å². The highest BCUT2D eigenvalue weighted by Crippen LogP contribution is 2.12. The van der Waals surface area contributed by atoms with E-state index in [1.165, 1.54) is 5.56 Å². The summed E-state index contributed by atoms with van der Waals surface area (Å²) in [6.07, 6.45) is 3.22. The lowest BCUT2D eigenvalue weighted by molar-refractivity contribution is -0.119. The summed E-state index contributed by atoms with van der Waals surface area (Å²) in [4.78, 5) is 36.9. The minimum atomic E-state index is -0.869. The highest BCUT2D eigenvalue weighted by atomic mass is 16.5. The second-order valence-corrected chi connectivity index (χ2v) is 5.54. The van der Waals surface area contributed by atoms with Crippen molar-refractivity contribution in [2.75, 3.05) is 11.9 Å². The molecule has 1 aromatic heterocycles. The number of pyridine rings is 1. The molecule has 0 bridgehead atoms. The molecule has 0 saturated carbocycles. The second-order valence-electron chi connectivity index (χ2n) is 5.54. The Hall–Kier alpha value is -3.09. The fraction of sp³-hybridized carbons (Fsp3) is 0.278. The van der Waals surface area contributed by atoms with Crippen LogP contribution in [0.15, 0.2) is 41.2 Å². The van der Waals surface area contributed by atoms with Gasteiger partial charge in [0.2, 0.25) is 0 Å². The molecule has 132 valence electrons. The van der Waals surface area contributed by atoms with Crippen molar-refractivity contribution >= 4 is 17.6 Å². The van der Waals surface area contributed by atoms with E-state index in [2.05, 4.69) is 17.2 Å². The van der Waals surface area contributed by atoms with E-state index in [9.17, 15) is 19.5 Å². The van der Waals surface area contributed by atoms with Crippen LogP contribution in [0.25, 0.3) is 0 Å². The molecule has 1 amide bonds.